The molecule has 0 aliphatic heterocycles. The van der Waals surface area contributed by atoms with Gasteiger partial charge in [0.2, 0.25) is 0 Å². The van der Waals surface area contributed by atoms with Crippen LogP contribution in [0.4, 0.5) is 5.69 Å². The highest BCUT2D eigenvalue weighted by Gasteiger charge is 2.16. The number of anilines is 1. The number of aromatic nitrogens is 2. The highest BCUT2D eigenvalue weighted by Crippen LogP contribution is 2.27. The third-order valence-corrected chi connectivity index (χ3v) is 3.83. The molecule has 3 aromatic rings. The molecule has 3 N–H and O–H groups in total. The van der Waals surface area contributed by atoms with Crippen LogP contribution in [0.5, 0.6) is 0 Å². The number of rotatable bonds is 4. The quantitative estimate of drug-likeness (QED) is 0.705. The number of nitrogens with two attached hydrogens (primary N) is 1. The Kier molecular flexibility index (Phi) is 5.66. The van der Waals surface area contributed by atoms with Crippen LogP contribution in [0.1, 0.15) is 11.3 Å². The number of hydrogen-bond acceptors (Lipinski definition) is 3. The zero-order valence-corrected chi connectivity index (χ0v) is 13.9. The lowest BCUT2D eigenvalue weighted by atomic mass is 10.2. The van der Waals surface area contributed by atoms with Crippen LogP contribution >= 0.6 is 24.0 Å². The van der Waals surface area contributed by atoms with E-state index in [1.165, 1.54) is 0 Å². The summed E-state index contributed by atoms with van der Waals surface area (Å²) in [5.74, 6) is 0.720. The number of hydrogen-bond donors (Lipinski definition) is 2. The summed E-state index contributed by atoms with van der Waals surface area (Å²) >= 11 is 6.18. The molecule has 2 aromatic carbocycles. The maximum atomic E-state index is 9.62. The van der Waals surface area contributed by atoms with Gasteiger partial charge in [-0.25, -0.2) is 4.98 Å². The zero-order chi connectivity index (χ0) is 15.5. The number of nitrogen functional groups attached to an aromatic ring is 1. The Morgan fingerprint density at radius 2 is 1.70 bits per heavy atom. The molecule has 0 radical (unpaired) electrons. The first kappa shape index (κ1) is 17.3. The summed E-state index contributed by atoms with van der Waals surface area (Å²) in [6.07, 6.45) is 0. The van der Waals surface area contributed by atoms with E-state index in [0.717, 1.165) is 17.0 Å². The van der Waals surface area contributed by atoms with Crippen molar-refractivity contribution in [3.05, 3.63) is 71.0 Å². The summed E-state index contributed by atoms with van der Waals surface area (Å²) in [7, 11) is 0. The third-order valence-electron chi connectivity index (χ3n) is 3.53. The first-order valence-electron chi connectivity index (χ1n) is 6.94. The van der Waals surface area contributed by atoms with Crippen molar-refractivity contribution in [2.24, 2.45) is 0 Å². The van der Waals surface area contributed by atoms with Gasteiger partial charge in [-0.05, 0) is 29.8 Å². The van der Waals surface area contributed by atoms with E-state index < -0.39 is 0 Å². The van der Waals surface area contributed by atoms with E-state index in [1.54, 1.807) is 0 Å². The van der Waals surface area contributed by atoms with E-state index in [9.17, 15) is 5.11 Å². The van der Waals surface area contributed by atoms with Crippen LogP contribution in [0.2, 0.25) is 5.15 Å². The maximum Gasteiger partial charge on any atom is 0.153 e. The molecule has 0 fully saturated rings. The summed E-state index contributed by atoms with van der Waals surface area (Å²) in [6, 6.07) is 17.4. The Bertz CT molecular complexity index is 771. The predicted molar refractivity (Wildman–Crippen MR) is 95.8 cm³/mol. The summed E-state index contributed by atoms with van der Waals surface area (Å²) in [5.41, 5.74) is 9.06. The van der Waals surface area contributed by atoms with Crippen molar-refractivity contribution in [2.75, 3.05) is 5.73 Å². The fraction of sp³-hybridized carbons (Fsp3) is 0.118. The van der Waals surface area contributed by atoms with E-state index in [1.807, 2.05) is 59.2 Å². The first-order valence-corrected chi connectivity index (χ1v) is 7.32. The lowest BCUT2D eigenvalue weighted by Crippen LogP contribution is -2.06. The molecule has 0 aliphatic rings. The van der Waals surface area contributed by atoms with Crippen LogP contribution in [-0.4, -0.2) is 14.7 Å². The minimum absolute atomic E-state index is 0. The largest absolute Gasteiger partial charge is 0.399 e. The summed E-state index contributed by atoms with van der Waals surface area (Å²) in [4.78, 5) is 4.41. The standard InChI is InChI=1S/C17H16ClN3O.ClH/c18-16-15(11-22)21(10-12-4-2-1-3-5-12)17(20-16)13-6-8-14(19)9-7-13;/h1-9,22H,10-11,19H2;1H. The minimum atomic E-state index is -0.159. The molecule has 1 aromatic heterocycles. The second-order valence-electron chi connectivity index (χ2n) is 5.02. The van der Waals surface area contributed by atoms with Gasteiger partial charge in [-0.15, -0.1) is 12.4 Å². The molecular weight excluding hydrogens is 333 g/mol. The monoisotopic (exact) mass is 349 g/mol. The molecule has 0 saturated heterocycles. The number of benzene rings is 2. The third kappa shape index (κ3) is 3.67. The fourth-order valence-electron chi connectivity index (χ4n) is 2.40. The number of nitrogens with zero attached hydrogens (tertiary/aromatic N) is 2. The Labute approximate surface area is 146 Å². The Balaban J connectivity index is 0.00000192. The van der Waals surface area contributed by atoms with Crippen LogP contribution in [-0.2, 0) is 13.2 Å². The smallest absolute Gasteiger partial charge is 0.153 e. The van der Waals surface area contributed by atoms with Gasteiger partial charge in [-0.2, -0.15) is 0 Å². The molecule has 1 heterocycles. The molecule has 23 heavy (non-hydrogen) atoms. The van der Waals surface area contributed by atoms with Crippen molar-refractivity contribution in [3.63, 3.8) is 0 Å². The van der Waals surface area contributed by atoms with E-state index in [4.69, 9.17) is 17.3 Å². The second-order valence-corrected chi connectivity index (χ2v) is 5.38. The van der Waals surface area contributed by atoms with Crippen molar-refractivity contribution < 1.29 is 5.11 Å². The van der Waals surface area contributed by atoms with Gasteiger partial charge in [0, 0.05) is 17.8 Å². The average Bonchev–Trinajstić information content (AvgIpc) is 2.85. The molecular formula is C17H17Cl2N3O. The van der Waals surface area contributed by atoms with Gasteiger partial charge in [0.1, 0.15) is 5.82 Å². The second kappa shape index (κ2) is 7.51. The number of halogens is 2. The van der Waals surface area contributed by atoms with Gasteiger partial charge in [0.25, 0.3) is 0 Å². The fourth-order valence-corrected chi connectivity index (χ4v) is 2.64. The molecule has 3 rings (SSSR count). The van der Waals surface area contributed by atoms with Crippen molar-refractivity contribution in [1.29, 1.82) is 0 Å². The molecule has 0 bridgehead atoms. The Morgan fingerprint density at radius 3 is 2.30 bits per heavy atom. The summed E-state index contributed by atoms with van der Waals surface area (Å²) < 4.78 is 1.93. The summed E-state index contributed by atoms with van der Waals surface area (Å²) in [5, 5.41) is 9.94. The van der Waals surface area contributed by atoms with Crippen LogP contribution < -0.4 is 5.73 Å². The predicted octanol–water partition coefficient (Wildman–Crippen LogP) is 3.75. The van der Waals surface area contributed by atoms with Crippen molar-refractivity contribution in [3.8, 4) is 11.4 Å². The molecule has 0 atom stereocenters. The Morgan fingerprint density at radius 1 is 1.04 bits per heavy atom. The van der Waals surface area contributed by atoms with Gasteiger partial charge >= 0.3 is 0 Å². The van der Waals surface area contributed by atoms with E-state index in [0.29, 0.717) is 23.1 Å². The van der Waals surface area contributed by atoms with Crippen molar-refractivity contribution in [1.82, 2.24) is 9.55 Å². The molecule has 0 unspecified atom stereocenters. The molecule has 0 amide bonds. The highest BCUT2D eigenvalue weighted by molar-refractivity contribution is 6.30. The lowest BCUT2D eigenvalue weighted by Gasteiger charge is -2.11. The average molecular weight is 350 g/mol. The van der Waals surface area contributed by atoms with E-state index in [-0.39, 0.29) is 19.0 Å². The van der Waals surface area contributed by atoms with Crippen molar-refractivity contribution >= 4 is 29.7 Å². The SMILES string of the molecule is Cl.Nc1ccc(-c2nc(Cl)c(CO)n2Cc2ccccc2)cc1. The maximum absolute atomic E-state index is 9.62. The van der Waals surface area contributed by atoms with Crippen LogP contribution in [0, 0.1) is 0 Å². The number of aliphatic hydroxyl groups excluding tert-OH is 1. The van der Waals surface area contributed by atoms with Gasteiger partial charge in [0.05, 0.1) is 12.3 Å². The molecule has 0 aliphatic carbocycles. The molecule has 120 valence electrons. The van der Waals surface area contributed by atoms with Gasteiger partial charge in [0.15, 0.2) is 5.15 Å². The normalized spacial score (nSPS) is 10.3. The van der Waals surface area contributed by atoms with Crippen LogP contribution in [0.15, 0.2) is 54.6 Å². The molecule has 6 heteroatoms. The summed E-state index contributed by atoms with van der Waals surface area (Å²) in [6.45, 7) is 0.434. The topological polar surface area (TPSA) is 64.1 Å². The van der Waals surface area contributed by atoms with Crippen LogP contribution in [0.25, 0.3) is 11.4 Å². The van der Waals surface area contributed by atoms with Gasteiger partial charge in [-0.3, -0.25) is 0 Å². The number of imidazole rings is 1. The Hall–Kier alpha value is -2.01. The minimum Gasteiger partial charge on any atom is -0.399 e. The van der Waals surface area contributed by atoms with Crippen LogP contribution in [0.3, 0.4) is 0 Å². The molecule has 4 nitrogen and oxygen atoms in total. The number of aliphatic hydroxyl groups is 1. The van der Waals surface area contributed by atoms with E-state index >= 15 is 0 Å². The lowest BCUT2D eigenvalue weighted by molar-refractivity contribution is 0.272. The van der Waals surface area contributed by atoms with E-state index in [2.05, 4.69) is 4.98 Å². The molecule has 0 spiro atoms. The first-order chi connectivity index (χ1) is 10.7. The van der Waals surface area contributed by atoms with Gasteiger partial charge in [-0.1, -0.05) is 41.9 Å². The van der Waals surface area contributed by atoms with Crippen molar-refractivity contribution in [2.45, 2.75) is 13.2 Å². The zero-order valence-electron chi connectivity index (χ0n) is 12.3. The molecule has 0 saturated carbocycles. The highest BCUT2D eigenvalue weighted by atomic mass is 35.5. The van der Waals surface area contributed by atoms with Gasteiger partial charge < -0.3 is 15.4 Å².